The number of hydrogen-bond acceptors (Lipinski definition) is 3. The minimum Gasteiger partial charge on any atom is -0.310 e. The molecule has 0 bridgehead atoms. The first-order chi connectivity index (χ1) is 11.7. The summed E-state index contributed by atoms with van der Waals surface area (Å²) in [5.74, 6) is 2.29. The number of fused-ring (bicyclic) bond motifs is 1. The van der Waals surface area contributed by atoms with E-state index in [1.54, 1.807) is 12.1 Å². The molecule has 1 unspecified atom stereocenters. The minimum absolute atomic E-state index is 0.165. The van der Waals surface area contributed by atoms with Crippen LogP contribution < -0.4 is 10.7 Å². The number of pyridine rings is 1. The second-order valence-corrected chi connectivity index (χ2v) is 14.3. The zero-order valence-corrected chi connectivity index (χ0v) is 16.4. The molecule has 3 rings (SSSR count). The molecule has 1 atom stereocenters. The van der Waals surface area contributed by atoms with Gasteiger partial charge in [0.15, 0.2) is 0 Å². The average Bonchev–Trinajstić information content (AvgIpc) is 2.99. The van der Waals surface area contributed by atoms with Gasteiger partial charge in [-0.1, -0.05) is 43.8 Å². The quantitative estimate of drug-likeness (QED) is 0.615. The molecule has 0 aliphatic carbocycles. The lowest BCUT2D eigenvalue weighted by Crippen LogP contribution is -2.41. The van der Waals surface area contributed by atoms with Gasteiger partial charge < -0.3 is 4.57 Å². The Bertz CT molecular complexity index is 1040. The Morgan fingerprint density at radius 3 is 2.44 bits per heavy atom. The van der Waals surface area contributed by atoms with E-state index in [0.29, 0.717) is 23.6 Å². The van der Waals surface area contributed by atoms with Gasteiger partial charge in [0.25, 0.3) is 5.56 Å². The molecule has 0 saturated heterocycles. The molecule has 130 valence electrons. The highest BCUT2D eigenvalue weighted by Gasteiger charge is 2.34. The van der Waals surface area contributed by atoms with Gasteiger partial charge in [0.2, 0.25) is 9.84 Å². The Hall–Kier alpha value is -2.10. The molecule has 0 N–H and O–H groups in total. The molecule has 0 fully saturated rings. The highest BCUT2D eigenvalue weighted by Crippen LogP contribution is 2.33. The van der Waals surface area contributed by atoms with Crippen LogP contribution in [0, 0.1) is 12.3 Å². The van der Waals surface area contributed by atoms with Gasteiger partial charge in [-0.2, -0.15) is 0 Å². The van der Waals surface area contributed by atoms with Crippen molar-refractivity contribution in [2.75, 3.05) is 0 Å². The first kappa shape index (κ1) is 17.7. The SMILES string of the molecule is C#CC1CCn2c1c(S(=O)(=O)c1ccccc1[Si](C)(C)C)ccc2=O. The number of rotatable bonds is 3. The van der Waals surface area contributed by atoms with Crippen LogP contribution in [0.4, 0.5) is 0 Å². The lowest BCUT2D eigenvalue weighted by molar-refractivity contribution is 0.593. The molecule has 1 aromatic carbocycles. The maximum Gasteiger partial charge on any atom is 0.250 e. The van der Waals surface area contributed by atoms with Gasteiger partial charge in [0.1, 0.15) is 0 Å². The number of terminal acetylenes is 1. The van der Waals surface area contributed by atoms with E-state index in [2.05, 4.69) is 25.6 Å². The molecule has 1 aliphatic heterocycles. The van der Waals surface area contributed by atoms with Crippen LogP contribution in [0.2, 0.25) is 19.6 Å². The van der Waals surface area contributed by atoms with Crippen LogP contribution in [-0.4, -0.2) is 21.1 Å². The molecule has 0 amide bonds. The van der Waals surface area contributed by atoms with Crippen molar-refractivity contribution < 1.29 is 8.42 Å². The topological polar surface area (TPSA) is 56.1 Å². The predicted molar refractivity (Wildman–Crippen MR) is 102 cm³/mol. The smallest absolute Gasteiger partial charge is 0.250 e. The van der Waals surface area contributed by atoms with E-state index >= 15 is 0 Å². The van der Waals surface area contributed by atoms with Crippen LogP contribution in [0.3, 0.4) is 0 Å². The summed E-state index contributed by atoms with van der Waals surface area (Å²) in [7, 11) is -5.63. The molecule has 1 aliphatic rings. The Morgan fingerprint density at radius 2 is 1.80 bits per heavy atom. The van der Waals surface area contributed by atoms with Crippen molar-refractivity contribution in [3.05, 3.63) is 52.4 Å². The van der Waals surface area contributed by atoms with E-state index in [4.69, 9.17) is 6.42 Å². The molecule has 6 heteroatoms. The second kappa shape index (κ2) is 6.01. The summed E-state index contributed by atoms with van der Waals surface area (Å²) in [6.07, 6.45) is 6.19. The van der Waals surface area contributed by atoms with Gasteiger partial charge in [-0.05, 0) is 23.7 Å². The lowest BCUT2D eigenvalue weighted by atomic mass is 10.1. The van der Waals surface area contributed by atoms with Gasteiger partial charge in [0.05, 0.1) is 29.5 Å². The molecule has 2 heterocycles. The van der Waals surface area contributed by atoms with Crippen LogP contribution in [0.5, 0.6) is 0 Å². The maximum absolute atomic E-state index is 13.5. The molecule has 25 heavy (non-hydrogen) atoms. The number of hydrogen-bond donors (Lipinski definition) is 0. The van der Waals surface area contributed by atoms with E-state index < -0.39 is 17.9 Å². The molecule has 0 spiro atoms. The summed E-state index contributed by atoms with van der Waals surface area (Å²) >= 11 is 0. The Kier molecular flexibility index (Phi) is 4.26. The number of aromatic nitrogens is 1. The van der Waals surface area contributed by atoms with Gasteiger partial charge >= 0.3 is 0 Å². The Labute approximate surface area is 149 Å². The van der Waals surface area contributed by atoms with E-state index in [1.807, 2.05) is 12.1 Å². The van der Waals surface area contributed by atoms with Gasteiger partial charge in [-0.15, -0.1) is 6.42 Å². The van der Waals surface area contributed by atoms with Crippen molar-refractivity contribution in [1.29, 1.82) is 0 Å². The van der Waals surface area contributed by atoms with Crippen LogP contribution in [0.25, 0.3) is 0 Å². The van der Waals surface area contributed by atoms with Crippen LogP contribution in [0.15, 0.2) is 51.0 Å². The summed E-state index contributed by atoms with van der Waals surface area (Å²) in [5.41, 5.74) is 0.255. The third-order valence-corrected chi connectivity index (χ3v) is 8.73. The van der Waals surface area contributed by atoms with Crippen LogP contribution in [0.1, 0.15) is 18.0 Å². The zero-order valence-electron chi connectivity index (χ0n) is 14.6. The van der Waals surface area contributed by atoms with Crippen LogP contribution >= 0.6 is 0 Å². The zero-order chi connectivity index (χ0) is 18.4. The summed E-state index contributed by atoms with van der Waals surface area (Å²) in [5, 5.41) is 0.884. The fourth-order valence-corrected chi connectivity index (χ4v) is 7.76. The van der Waals surface area contributed by atoms with Crippen molar-refractivity contribution in [2.24, 2.45) is 0 Å². The first-order valence-electron chi connectivity index (χ1n) is 8.22. The van der Waals surface area contributed by atoms with Gasteiger partial charge in [0, 0.05) is 12.6 Å². The number of nitrogens with zero attached hydrogens (tertiary/aromatic N) is 1. The highest BCUT2D eigenvalue weighted by molar-refractivity contribution is 7.91. The maximum atomic E-state index is 13.5. The fraction of sp³-hybridized carbons (Fsp3) is 0.316. The monoisotopic (exact) mass is 371 g/mol. The fourth-order valence-electron chi connectivity index (χ4n) is 3.39. The highest BCUT2D eigenvalue weighted by atomic mass is 32.2. The minimum atomic E-state index is -3.76. The third kappa shape index (κ3) is 2.88. The van der Waals surface area contributed by atoms with Crippen molar-refractivity contribution in [2.45, 2.75) is 48.3 Å². The average molecular weight is 372 g/mol. The molecule has 0 radical (unpaired) electrons. The molecule has 1 aromatic heterocycles. The predicted octanol–water partition coefficient (Wildman–Crippen LogP) is 2.35. The number of benzene rings is 1. The molecular weight excluding hydrogens is 350 g/mol. The molecule has 4 nitrogen and oxygen atoms in total. The normalized spacial score (nSPS) is 17.1. The third-order valence-electron chi connectivity index (χ3n) is 4.63. The summed E-state index contributed by atoms with van der Waals surface area (Å²) in [6.45, 7) is 6.81. The first-order valence-corrected chi connectivity index (χ1v) is 13.2. The summed E-state index contributed by atoms with van der Waals surface area (Å²) in [4.78, 5) is 12.6. The molecule has 2 aromatic rings. The Morgan fingerprint density at radius 1 is 1.12 bits per heavy atom. The van der Waals surface area contributed by atoms with Gasteiger partial charge in [-0.25, -0.2) is 8.42 Å². The largest absolute Gasteiger partial charge is 0.310 e. The summed E-state index contributed by atoms with van der Waals surface area (Å²) in [6, 6.07) is 9.91. The summed E-state index contributed by atoms with van der Waals surface area (Å²) < 4.78 is 28.5. The standard InChI is InChI=1S/C19H21NO3SSi/c1-5-14-12-13-20-18(21)11-10-16(19(14)20)24(22,23)15-8-6-7-9-17(15)25(2,3)4/h1,6-11,14H,12-13H2,2-4H3. The van der Waals surface area contributed by atoms with E-state index in [-0.39, 0.29) is 16.4 Å². The van der Waals surface area contributed by atoms with Crippen molar-refractivity contribution in [3.8, 4) is 12.3 Å². The second-order valence-electron chi connectivity index (χ2n) is 7.33. The van der Waals surface area contributed by atoms with Gasteiger partial charge in [-0.3, -0.25) is 4.79 Å². The Balaban J connectivity index is 2.32. The van der Waals surface area contributed by atoms with Crippen molar-refractivity contribution in [3.63, 3.8) is 0 Å². The molecular formula is C19H21NO3SSi. The van der Waals surface area contributed by atoms with Crippen molar-refractivity contribution >= 4 is 23.1 Å². The number of sulfone groups is 1. The molecule has 0 saturated carbocycles. The van der Waals surface area contributed by atoms with E-state index in [9.17, 15) is 13.2 Å². The van der Waals surface area contributed by atoms with E-state index in [1.165, 1.54) is 16.7 Å². The lowest BCUT2D eigenvalue weighted by Gasteiger charge is -2.22. The van der Waals surface area contributed by atoms with E-state index in [0.717, 1.165) is 5.19 Å². The van der Waals surface area contributed by atoms with Crippen molar-refractivity contribution in [1.82, 2.24) is 4.57 Å². The van der Waals surface area contributed by atoms with Crippen LogP contribution in [-0.2, 0) is 16.4 Å².